The van der Waals surface area contributed by atoms with Crippen LogP contribution in [0, 0.1) is 6.92 Å². The molecule has 0 aliphatic carbocycles. The molecule has 0 aliphatic rings. The van der Waals surface area contributed by atoms with Crippen molar-refractivity contribution in [1.82, 2.24) is 4.31 Å². The van der Waals surface area contributed by atoms with Crippen molar-refractivity contribution in [2.45, 2.75) is 18.4 Å². The number of halogens is 1. The molecule has 0 amide bonds. The predicted octanol–water partition coefficient (Wildman–Crippen LogP) is 3.06. The summed E-state index contributed by atoms with van der Waals surface area (Å²) in [5.41, 5.74) is 1.64. The second-order valence-corrected chi connectivity index (χ2v) is 6.76. The molecular formula is C13H14ClNO3S. The van der Waals surface area contributed by atoms with Gasteiger partial charge < -0.3 is 4.42 Å². The Morgan fingerprint density at radius 1 is 1.32 bits per heavy atom. The Labute approximate surface area is 117 Å². The van der Waals surface area contributed by atoms with Gasteiger partial charge in [-0.25, -0.2) is 8.42 Å². The van der Waals surface area contributed by atoms with Gasteiger partial charge in [0.25, 0.3) is 0 Å². The van der Waals surface area contributed by atoms with Gasteiger partial charge in [-0.05, 0) is 30.7 Å². The maximum atomic E-state index is 12.4. The van der Waals surface area contributed by atoms with E-state index in [0.717, 1.165) is 11.1 Å². The maximum absolute atomic E-state index is 12.4. The zero-order chi connectivity index (χ0) is 14.0. The van der Waals surface area contributed by atoms with Crippen LogP contribution in [0.4, 0.5) is 0 Å². The van der Waals surface area contributed by atoms with E-state index in [4.69, 9.17) is 16.0 Å². The van der Waals surface area contributed by atoms with Crippen molar-refractivity contribution >= 4 is 21.6 Å². The average molecular weight is 300 g/mol. The molecular weight excluding hydrogens is 286 g/mol. The normalized spacial score (nSPS) is 12.0. The summed E-state index contributed by atoms with van der Waals surface area (Å²) in [6, 6.07) is 6.45. The van der Waals surface area contributed by atoms with Gasteiger partial charge in [0.05, 0.1) is 17.4 Å². The number of hydrogen-bond acceptors (Lipinski definition) is 3. The molecule has 19 heavy (non-hydrogen) atoms. The quantitative estimate of drug-likeness (QED) is 0.872. The highest BCUT2D eigenvalue weighted by atomic mass is 35.5. The molecule has 0 saturated carbocycles. The second kappa shape index (κ2) is 5.36. The third-order valence-electron chi connectivity index (χ3n) is 2.84. The minimum Gasteiger partial charge on any atom is -0.472 e. The van der Waals surface area contributed by atoms with Gasteiger partial charge >= 0.3 is 0 Å². The van der Waals surface area contributed by atoms with E-state index in [-0.39, 0.29) is 11.4 Å². The molecule has 0 radical (unpaired) electrons. The molecule has 0 aliphatic heterocycles. The summed E-state index contributed by atoms with van der Waals surface area (Å²) in [4.78, 5) is 0.189. The fraction of sp³-hybridized carbons (Fsp3) is 0.231. The van der Waals surface area contributed by atoms with E-state index in [1.807, 2.05) is 6.92 Å². The highest BCUT2D eigenvalue weighted by Gasteiger charge is 2.21. The summed E-state index contributed by atoms with van der Waals surface area (Å²) in [5, 5.41) is 0.442. The smallest absolute Gasteiger partial charge is 0.243 e. The van der Waals surface area contributed by atoms with Crippen LogP contribution in [-0.4, -0.2) is 19.8 Å². The second-order valence-electron chi connectivity index (χ2n) is 4.30. The third kappa shape index (κ3) is 3.00. The van der Waals surface area contributed by atoms with Crippen LogP contribution in [0.3, 0.4) is 0 Å². The third-order valence-corrected chi connectivity index (χ3v) is 5.04. The van der Waals surface area contributed by atoms with Gasteiger partial charge in [-0.2, -0.15) is 4.31 Å². The Morgan fingerprint density at radius 3 is 2.63 bits per heavy atom. The van der Waals surface area contributed by atoms with Gasteiger partial charge in [0.2, 0.25) is 10.0 Å². The van der Waals surface area contributed by atoms with E-state index < -0.39 is 10.0 Å². The van der Waals surface area contributed by atoms with Crippen molar-refractivity contribution in [2.75, 3.05) is 7.05 Å². The molecule has 0 saturated heterocycles. The summed E-state index contributed by atoms with van der Waals surface area (Å²) in [6.45, 7) is 2.08. The highest BCUT2D eigenvalue weighted by Crippen LogP contribution is 2.23. The van der Waals surface area contributed by atoms with Crippen LogP contribution in [0.1, 0.15) is 11.1 Å². The lowest BCUT2D eigenvalue weighted by Gasteiger charge is -2.16. The van der Waals surface area contributed by atoms with Gasteiger partial charge in [-0.1, -0.05) is 17.7 Å². The number of rotatable bonds is 4. The first-order chi connectivity index (χ1) is 8.91. The SMILES string of the molecule is Cc1ccc(S(=O)(=O)N(C)Cc2ccoc2)cc1Cl. The number of hydrogen-bond donors (Lipinski definition) is 0. The molecule has 0 atom stereocenters. The number of nitrogens with zero attached hydrogens (tertiary/aromatic N) is 1. The predicted molar refractivity (Wildman–Crippen MR) is 73.5 cm³/mol. The molecule has 2 aromatic rings. The van der Waals surface area contributed by atoms with Crippen LogP contribution in [0.2, 0.25) is 5.02 Å². The van der Waals surface area contributed by atoms with Crippen LogP contribution < -0.4 is 0 Å². The van der Waals surface area contributed by atoms with E-state index in [9.17, 15) is 8.42 Å². The van der Waals surface area contributed by atoms with Crippen LogP contribution in [0.15, 0.2) is 46.1 Å². The first-order valence-electron chi connectivity index (χ1n) is 5.65. The van der Waals surface area contributed by atoms with Crippen molar-refractivity contribution in [3.63, 3.8) is 0 Å². The van der Waals surface area contributed by atoms with E-state index in [1.165, 1.54) is 29.9 Å². The lowest BCUT2D eigenvalue weighted by atomic mass is 10.2. The Kier molecular flexibility index (Phi) is 3.99. The minimum absolute atomic E-state index is 0.189. The van der Waals surface area contributed by atoms with Crippen molar-refractivity contribution < 1.29 is 12.8 Å². The van der Waals surface area contributed by atoms with E-state index in [0.29, 0.717) is 5.02 Å². The van der Waals surface area contributed by atoms with Crippen LogP contribution in [0.5, 0.6) is 0 Å². The molecule has 0 N–H and O–H groups in total. The zero-order valence-electron chi connectivity index (χ0n) is 10.6. The zero-order valence-corrected chi connectivity index (χ0v) is 12.2. The molecule has 1 aromatic heterocycles. The molecule has 4 nitrogen and oxygen atoms in total. The van der Waals surface area contributed by atoms with Crippen LogP contribution in [0.25, 0.3) is 0 Å². The van der Waals surface area contributed by atoms with E-state index >= 15 is 0 Å². The molecule has 102 valence electrons. The first kappa shape index (κ1) is 14.1. The molecule has 1 aromatic carbocycles. The van der Waals surface area contributed by atoms with Crippen molar-refractivity contribution in [1.29, 1.82) is 0 Å². The van der Waals surface area contributed by atoms with Crippen molar-refractivity contribution in [3.8, 4) is 0 Å². The van der Waals surface area contributed by atoms with E-state index in [2.05, 4.69) is 0 Å². The van der Waals surface area contributed by atoms with Crippen molar-refractivity contribution in [3.05, 3.63) is 52.9 Å². The molecule has 1 heterocycles. The highest BCUT2D eigenvalue weighted by molar-refractivity contribution is 7.89. The minimum atomic E-state index is -3.55. The van der Waals surface area contributed by atoms with Gasteiger partial charge in [0.1, 0.15) is 0 Å². The Morgan fingerprint density at radius 2 is 2.05 bits per heavy atom. The van der Waals surface area contributed by atoms with Gasteiger partial charge in [-0.3, -0.25) is 0 Å². The summed E-state index contributed by atoms with van der Waals surface area (Å²) in [6.07, 6.45) is 3.03. The Bertz CT molecular complexity index is 665. The number of furan rings is 1. The molecule has 2 rings (SSSR count). The Hall–Kier alpha value is -1.30. The molecule has 0 unspecified atom stereocenters. The number of sulfonamides is 1. The Balaban J connectivity index is 2.28. The fourth-order valence-corrected chi connectivity index (χ4v) is 3.07. The van der Waals surface area contributed by atoms with Gasteiger partial charge in [0.15, 0.2) is 0 Å². The number of benzene rings is 1. The first-order valence-corrected chi connectivity index (χ1v) is 7.46. The molecule has 6 heteroatoms. The molecule has 0 bridgehead atoms. The summed E-state index contributed by atoms with van der Waals surface area (Å²) in [7, 11) is -2.02. The summed E-state index contributed by atoms with van der Waals surface area (Å²) < 4.78 is 30.9. The van der Waals surface area contributed by atoms with Crippen LogP contribution >= 0.6 is 11.6 Å². The monoisotopic (exact) mass is 299 g/mol. The molecule has 0 spiro atoms. The summed E-state index contributed by atoms with van der Waals surface area (Å²) >= 11 is 5.97. The van der Waals surface area contributed by atoms with Gasteiger partial charge in [-0.15, -0.1) is 0 Å². The topological polar surface area (TPSA) is 50.5 Å². The maximum Gasteiger partial charge on any atom is 0.243 e. The van der Waals surface area contributed by atoms with Crippen molar-refractivity contribution in [2.24, 2.45) is 0 Å². The lowest BCUT2D eigenvalue weighted by Crippen LogP contribution is -2.26. The largest absolute Gasteiger partial charge is 0.472 e. The van der Waals surface area contributed by atoms with Gasteiger partial charge in [0, 0.05) is 24.2 Å². The number of aryl methyl sites for hydroxylation is 1. The van der Waals surface area contributed by atoms with Crippen LogP contribution in [-0.2, 0) is 16.6 Å². The standard InChI is InChI=1S/C13H14ClNO3S/c1-10-3-4-12(7-13(10)14)19(16,17)15(2)8-11-5-6-18-9-11/h3-7,9H,8H2,1-2H3. The lowest BCUT2D eigenvalue weighted by molar-refractivity contribution is 0.463. The molecule has 0 fully saturated rings. The average Bonchev–Trinajstić information content (AvgIpc) is 2.85. The summed E-state index contributed by atoms with van der Waals surface area (Å²) in [5.74, 6) is 0. The fourth-order valence-electron chi connectivity index (χ4n) is 1.64. The van der Waals surface area contributed by atoms with E-state index in [1.54, 1.807) is 18.2 Å².